The lowest BCUT2D eigenvalue weighted by molar-refractivity contribution is 0.264. The lowest BCUT2D eigenvalue weighted by Gasteiger charge is -2.25. The van der Waals surface area contributed by atoms with Crippen molar-refractivity contribution in [3.8, 4) is 0 Å². The van der Waals surface area contributed by atoms with Crippen LogP contribution in [0, 0.1) is 0 Å². The third kappa shape index (κ3) is 12.4. The molecule has 3 nitrogen and oxygen atoms in total. The summed E-state index contributed by atoms with van der Waals surface area (Å²) in [5.74, 6) is 0. The Morgan fingerprint density at radius 1 is 0.846 bits per heavy atom. The van der Waals surface area contributed by atoms with E-state index in [1.807, 2.05) is 0 Å². The third-order valence-electron chi connectivity index (χ3n) is 5.34. The zero-order valence-corrected chi connectivity index (χ0v) is 17.4. The first kappa shape index (κ1) is 23.1. The van der Waals surface area contributed by atoms with E-state index in [1.54, 1.807) is 0 Å². The molecule has 0 amide bonds. The maximum absolute atomic E-state index is 5.66. The van der Waals surface area contributed by atoms with E-state index in [4.69, 9.17) is 5.73 Å². The van der Waals surface area contributed by atoms with Crippen molar-refractivity contribution < 1.29 is 0 Å². The van der Waals surface area contributed by atoms with Gasteiger partial charge >= 0.3 is 0 Å². The molecule has 26 heavy (non-hydrogen) atoms. The molecule has 1 heterocycles. The summed E-state index contributed by atoms with van der Waals surface area (Å²) in [6, 6.07) is 0. The molecule has 1 rings (SSSR count). The molecule has 0 fully saturated rings. The molecule has 0 saturated heterocycles. The lowest BCUT2D eigenvalue weighted by Crippen LogP contribution is -2.37. The quantitative estimate of drug-likeness (QED) is 0.229. The zero-order chi connectivity index (χ0) is 18.7. The van der Waals surface area contributed by atoms with E-state index in [0.29, 0.717) is 6.17 Å². The summed E-state index contributed by atoms with van der Waals surface area (Å²) in [5.41, 5.74) is 5.66. The van der Waals surface area contributed by atoms with Gasteiger partial charge in [0.15, 0.2) is 0 Å². The van der Waals surface area contributed by atoms with Crippen molar-refractivity contribution in [3.63, 3.8) is 0 Å². The van der Waals surface area contributed by atoms with Crippen LogP contribution in [0.3, 0.4) is 0 Å². The van der Waals surface area contributed by atoms with Crippen molar-refractivity contribution in [3.05, 3.63) is 24.6 Å². The first-order valence-corrected chi connectivity index (χ1v) is 11.4. The van der Waals surface area contributed by atoms with Crippen LogP contribution in [0.2, 0.25) is 0 Å². The second-order valence-electron chi connectivity index (χ2n) is 7.72. The van der Waals surface area contributed by atoms with Gasteiger partial charge in [-0.25, -0.2) is 0 Å². The number of nitrogens with two attached hydrogens (primary N) is 1. The lowest BCUT2D eigenvalue weighted by atomic mass is 10.0. The normalized spacial score (nSPS) is 16.7. The van der Waals surface area contributed by atoms with Gasteiger partial charge in [-0.3, -0.25) is 0 Å². The van der Waals surface area contributed by atoms with Crippen LogP contribution in [0.1, 0.15) is 103 Å². The second kappa shape index (κ2) is 17.5. The van der Waals surface area contributed by atoms with E-state index < -0.39 is 0 Å². The van der Waals surface area contributed by atoms with Crippen LogP contribution in [-0.2, 0) is 0 Å². The molecule has 1 aliphatic heterocycles. The molecule has 1 aliphatic rings. The number of nitrogens with zero attached hydrogens (tertiary/aromatic N) is 1. The maximum Gasteiger partial charge on any atom is 0.0981 e. The van der Waals surface area contributed by atoms with Crippen LogP contribution in [0.25, 0.3) is 0 Å². The second-order valence-corrected chi connectivity index (χ2v) is 7.72. The van der Waals surface area contributed by atoms with E-state index in [0.717, 1.165) is 13.1 Å². The van der Waals surface area contributed by atoms with Crippen LogP contribution in [0.5, 0.6) is 0 Å². The van der Waals surface area contributed by atoms with Crippen molar-refractivity contribution in [2.45, 2.75) is 109 Å². The largest absolute Gasteiger partial charge is 0.370 e. The Kier molecular flexibility index (Phi) is 15.5. The number of unbranched alkanes of at least 4 members (excludes halogenated alkanes) is 12. The standard InChI is InChI=1S/C23H45N3/c1-2-3-4-5-6-7-8-9-10-11-12-13-14-15-16-17-18-23-25-20-22-26(23)21-19-24/h3-4,20,22-23,25H,2,5-19,21,24H2,1H3/b4-3+. The van der Waals surface area contributed by atoms with Gasteiger partial charge in [-0.2, -0.15) is 0 Å². The number of hydrogen-bond acceptors (Lipinski definition) is 3. The summed E-state index contributed by atoms with van der Waals surface area (Å²) >= 11 is 0. The van der Waals surface area contributed by atoms with Gasteiger partial charge in [0.1, 0.15) is 0 Å². The molecule has 0 radical (unpaired) electrons. The van der Waals surface area contributed by atoms with Crippen LogP contribution >= 0.6 is 0 Å². The third-order valence-corrected chi connectivity index (χ3v) is 5.34. The summed E-state index contributed by atoms with van der Waals surface area (Å²) in [7, 11) is 0. The fourth-order valence-corrected chi connectivity index (χ4v) is 3.73. The average Bonchev–Trinajstić information content (AvgIpc) is 3.09. The van der Waals surface area contributed by atoms with E-state index in [1.165, 1.54) is 96.3 Å². The van der Waals surface area contributed by atoms with Gasteiger partial charge in [-0.1, -0.05) is 83.3 Å². The van der Waals surface area contributed by atoms with Crippen LogP contribution in [0.4, 0.5) is 0 Å². The molecule has 3 N–H and O–H groups in total. The Labute approximate surface area is 163 Å². The van der Waals surface area contributed by atoms with Crippen molar-refractivity contribution >= 4 is 0 Å². The molecule has 0 spiro atoms. The molecule has 1 unspecified atom stereocenters. The number of rotatable bonds is 18. The predicted octanol–water partition coefficient (Wildman–Crippen LogP) is 6.08. The van der Waals surface area contributed by atoms with E-state index >= 15 is 0 Å². The maximum atomic E-state index is 5.66. The molecular weight excluding hydrogens is 318 g/mol. The molecule has 0 aromatic heterocycles. The molecule has 0 bridgehead atoms. The van der Waals surface area contributed by atoms with Crippen LogP contribution in [-0.4, -0.2) is 24.2 Å². The van der Waals surface area contributed by atoms with Crippen molar-refractivity contribution in [1.29, 1.82) is 0 Å². The van der Waals surface area contributed by atoms with Crippen LogP contribution < -0.4 is 11.1 Å². The average molecular weight is 364 g/mol. The fraction of sp³-hybridized carbons (Fsp3) is 0.826. The fourth-order valence-electron chi connectivity index (χ4n) is 3.73. The Balaban J connectivity index is 1.75. The first-order chi connectivity index (χ1) is 12.9. The van der Waals surface area contributed by atoms with Gasteiger partial charge < -0.3 is 16.0 Å². The van der Waals surface area contributed by atoms with E-state index in [-0.39, 0.29) is 0 Å². The monoisotopic (exact) mass is 363 g/mol. The Hall–Kier alpha value is -0.960. The summed E-state index contributed by atoms with van der Waals surface area (Å²) in [5, 5.41) is 3.43. The topological polar surface area (TPSA) is 41.3 Å². The number of hydrogen-bond donors (Lipinski definition) is 2. The minimum atomic E-state index is 0.487. The highest BCUT2D eigenvalue weighted by Crippen LogP contribution is 2.15. The summed E-state index contributed by atoms with van der Waals surface area (Å²) in [6.45, 7) is 3.90. The van der Waals surface area contributed by atoms with Gasteiger partial charge in [0.2, 0.25) is 0 Å². The highest BCUT2D eigenvalue weighted by Gasteiger charge is 2.16. The van der Waals surface area contributed by atoms with Gasteiger partial charge in [-0.05, 0) is 32.1 Å². The minimum absolute atomic E-state index is 0.487. The van der Waals surface area contributed by atoms with Gasteiger partial charge in [0, 0.05) is 25.5 Å². The Morgan fingerprint density at radius 3 is 2.00 bits per heavy atom. The predicted molar refractivity (Wildman–Crippen MR) is 116 cm³/mol. The Morgan fingerprint density at radius 2 is 1.42 bits per heavy atom. The minimum Gasteiger partial charge on any atom is -0.370 e. The van der Waals surface area contributed by atoms with Crippen molar-refractivity contribution in [2.24, 2.45) is 5.73 Å². The van der Waals surface area contributed by atoms with Crippen LogP contribution in [0.15, 0.2) is 24.6 Å². The van der Waals surface area contributed by atoms with E-state index in [9.17, 15) is 0 Å². The molecule has 1 atom stereocenters. The molecule has 0 aromatic rings. The zero-order valence-electron chi connectivity index (χ0n) is 17.4. The van der Waals surface area contributed by atoms with Crippen molar-refractivity contribution in [1.82, 2.24) is 10.2 Å². The van der Waals surface area contributed by atoms with E-state index in [2.05, 4.69) is 41.7 Å². The molecule has 0 aliphatic carbocycles. The smallest absolute Gasteiger partial charge is 0.0981 e. The number of nitrogens with one attached hydrogen (secondary N) is 1. The summed E-state index contributed by atoms with van der Waals surface area (Å²) in [6.07, 6.45) is 30.0. The van der Waals surface area contributed by atoms with Gasteiger partial charge in [0.25, 0.3) is 0 Å². The summed E-state index contributed by atoms with van der Waals surface area (Å²) < 4.78 is 0. The van der Waals surface area contributed by atoms with Gasteiger partial charge in [0.05, 0.1) is 6.17 Å². The molecule has 3 heteroatoms. The highest BCUT2D eigenvalue weighted by molar-refractivity contribution is 4.94. The molecular formula is C23H45N3. The van der Waals surface area contributed by atoms with Crippen molar-refractivity contribution in [2.75, 3.05) is 13.1 Å². The molecule has 0 saturated carbocycles. The van der Waals surface area contributed by atoms with Gasteiger partial charge in [-0.15, -0.1) is 0 Å². The number of allylic oxidation sites excluding steroid dienone is 2. The first-order valence-electron chi connectivity index (χ1n) is 11.4. The molecule has 0 aromatic carbocycles. The highest BCUT2D eigenvalue weighted by atomic mass is 15.3. The Bertz CT molecular complexity index is 351. The summed E-state index contributed by atoms with van der Waals surface area (Å²) in [4.78, 5) is 2.34. The molecule has 152 valence electrons. The SMILES string of the molecule is CC/C=C/CCCCCCCCCCCCCCC1NC=CN1CCN.